The highest BCUT2D eigenvalue weighted by Gasteiger charge is 2.52. The quantitative estimate of drug-likeness (QED) is 0.541. The summed E-state index contributed by atoms with van der Waals surface area (Å²) in [6.45, 7) is 4.82. The lowest BCUT2D eigenvalue weighted by molar-refractivity contribution is -0.139. The molecule has 0 radical (unpaired) electrons. The number of imide groups is 1. The Hall–Kier alpha value is -2.97. The Morgan fingerprint density at radius 2 is 1.79 bits per heavy atom. The zero-order chi connectivity index (χ0) is 23.8. The Morgan fingerprint density at radius 3 is 2.36 bits per heavy atom. The van der Waals surface area contributed by atoms with Gasteiger partial charge < -0.3 is 15.1 Å². The lowest BCUT2D eigenvalue weighted by atomic mass is 9.75. The van der Waals surface area contributed by atoms with Gasteiger partial charge in [0, 0.05) is 31.7 Å². The molecular weight excluding hydrogens is 427 g/mol. The summed E-state index contributed by atoms with van der Waals surface area (Å²) >= 11 is 0. The first-order valence-electron chi connectivity index (χ1n) is 11.7. The topological polar surface area (TPSA) is 90.0 Å². The van der Waals surface area contributed by atoms with Crippen LogP contribution in [0.3, 0.4) is 0 Å². The molecule has 33 heavy (non-hydrogen) atoms. The summed E-state index contributed by atoms with van der Waals surface area (Å²) in [7, 11) is 0. The molecule has 2 aliphatic heterocycles. The predicted molar refractivity (Wildman–Crippen MR) is 120 cm³/mol. The second-order valence-electron chi connectivity index (χ2n) is 9.35. The van der Waals surface area contributed by atoms with Crippen LogP contribution in [0.5, 0.6) is 0 Å². The Kier molecular flexibility index (Phi) is 6.41. The number of rotatable bonds is 5. The lowest BCUT2D eigenvalue weighted by Gasteiger charge is -2.37. The smallest absolute Gasteiger partial charge is 0.325 e. The largest absolute Gasteiger partial charge is 0.366 e. The van der Waals surface area contributed by atoms with E-state index in [1.165, 1.54) is 13.0 Å². The van der Waals surface area contributed by atoms with E-state index >= 15 is 0 Å². The fraction of sp³-hybridized carbons (Fsp3) is 0.583. The molecule has 9 heteroatoms. The number of hydrogen-bond donors (Lipinski definition) is 1. The van der Waals surface area contributed by atoms with Crippen LogP contribution in [0, 0.1) is 11.7 Å². The number of carbonyl (C=O) groups is 4. The zero-order valence-corrected chi connectivity index (χ0v) is 19.2. The van der Waals surface area contributed by atoms with Crippen LogP contribution >= 0.6 is 0 Å². The number of anilines is 1. The average Bonchev–Trinajstić information content (AvgIpc) is 3.03. The summed E-state index contributed by atoms with van der Waals surface area (Å²) in [4.78, 5) is 54.4. The van der Waals surface area contributed by atoms with E-state index in [0.29, 0.717) is 56.2 Å². The first-order chi connectivity index (χ1) is 15.7. The standard InChI is InChI=1S/C24H31FN4O4/c1-3-17-6-8-24(9-7-17)22(32)29(23(33)26-24)15-21(31)28-12-10-27(11-13-28)20-5-4-18(16(2)30)14-19(20)25/h4-5,14,17H,3,6-13,15H2,1-2H3,(H,26,33). The number of benzene rings is 1. The zero-order valence-electron chi connectivity index (χ0n) is 19.2. The van der Waals surface area contributed by atoms with Crippen molar-refractivity contribution in [2.45, 2.75) is 51.5 Å². The highest BCUT2D eigenvalue weighted by Crippen LogP contribution is 2.37. The molecule has 0 unspecified atom stereocenters. The van der Waals surface area contributed by atoms with E-state index in [0.717, 1.165) is 24.2 Å². The number of nitrogens with one attached hydrogen (secondary N) is 1. The number of halogens is 1. The highest BCUT2D eigenvalue weighted by atomic mass is 19.1. The van der Waals surface area contributed by atoms with Gasteiger partial charge in [0.2, 0.25) is 5.91 Å². The van der Waals surface area contributed by atoms with E-state index in [1.54, 1.807) is 17.0 Å². The summed E-state index contributed by atoms with van der Waals surface area (Å²) in [5.41, 5.74) is -0.143. The fourth-order valence-corrected chi connectivity index (χ4v) is 5.15. The average molecular weight is 459 g/mol. The van der Waals surface area contributed by atoms with E-state index in [4.69, 9.17) is 0 Å². The minimum atomic E-state index is -0.856. The van der Waals surface area contributed by atoms with Gasteiger partial charge in [-0.1, -0.05) is 13.3 Å². The van der Waals surface area contributed by atoms with Crippen molar-refractivity contribution in [1.29, 1.82) is 0 Å². The van der Waals surface area contributed by atoms with Crippen LogP contribution < -0.4 is 10.2 Å². The molecule has 1 aromatic rings. The van der Waals surface area contributed by atoms with E-state index < -0.39 is 17.4 Å². The van der Waals surface area contributed by atoms with Crippen molar-refractivity contribution < 1.29 is 23.6 Å². The molecule has 1 spiro atoms. The molecule has 8 nitrogen and oxygen atoms in total. The van der Waals surface area contributed by atoms with Gasteiger partial charge in [0.25, 0.3) is 5.91 Å². The third-order valence-corrected chi connectivity index (χ3v) is 7.40. The number of amides is 4. The molecule has 1 N–H and O–H groups in total. The van der Waals surface area contributed by atoms with Gasteiger partial charge >= 0.3 is 6.03 Å². The third kappa shape index (κ3) is 4.45. The van der Waals surface area contributed by atoms with Crippen LogP contribution in [0.2, 0.25) is 0 Å². The molecule has 1 aliphatic carbocycles. The molecule has 2 saturated heterocycles. The summed E-state index contributed by atoms with van der Waals surface area (Å²) < 4.78 is 14.5. The molecule has 178 valence electrons. The molecule has 0 aromatic heterocycles. The van der Waals surface area contributed by atoms with Crippen LogP contribution in [0.1, 0.15) is 56.3 Å². The van der Waals surface area contributed by atoms with Crippen molar-refractivity contribution in [1.82, 2.24) is 15.1 Å². The van der Waals surface area contributed by atoms with Crippen molar-refractivity contribution >= 4 is 29.3 Å². The van der Waals surface area contributed by atoms with Crippen LogP contribution in [-0.2, 0) is 9.59 Å². The third-order valence-electron chi connectivity index (χ3n) is 7.40. The maximum Gasteiger partial charge on any atom is 0.325 e. The summed E-state index contributed by atoms with van der Waals surface area (Å²) in [6.07, 6.45) is 4.10. The van der Waals surface area contributed by atoms with Gasteiger partial charge in [0.05, 0.1) is 5.69 Å². The van der Waals surface area contributed by atoms with Crippen molar-refractivity contribution in [3.63, 3.8) is 0 Å². The van der Waals surface area contributed by atoms with Crippen molar-refractivity contribution in [2.24, 2.45) is 5.92 Å². The SMILES string of the molecule is CCC1CCC2(CC1)NC(=O)N(CC(=O)N1CCN(c3ccc(C(C)=O)cc3F)CC1)C2=O. The van der Waals surface area contributed by atoms with E-state index in [-0.39, 0.29) is 24.1 Å². The number of ketones is 1. The Labute approximate surface area is 193 Å². The minimum Gasteiger partial charge on any atom is -0.366 e. The molecule has 1 aromatic carbocycles. The molecule has 0 atom stereocenters. The maximum absolute atomic E-state index is 14.5. The Balaban J connectivity index is 1.34. The first-order valence-corrected chi connectivity index (χ1v) is 11.7. The van der Waals surface area contributed by atoms with Gasteiger partial charge in [-0.25, -0.2) is 9.18 Å². The molecule has 4 amide bonds. The monoisotopic (exact) mass is 458 g/mol. The van der Waals surface area contributed by atoms with Crippen LogP contribution in [0.15, 0.2) is 18.2 Å². The molecule has 0 bridgehead atoms. The van der Waals surface area contributed by atoms with Gasteiger partial charge in [0.1, 0.15) is 17.9 Å². The second kappa shape index (κ2) is 9.11. The van der Waals surface area contributed by atoms with Crippen molar-refractivity contribution in [2.75, 3.05) is 37.6 Å². The first kappa shape index (κ1) is 23.2. The molecule has 4 rings (SSSR count). The minimum absolute atomic E-state index is 0.198. The molecule has 3 fully saturated rings. The van der Waals surface area contributed by atoms with E-state index in [1.807, 2.05) is 4.90 Å². The Bertz CT molecular complexity index is 965. The van der Waals surface area contributed by atoms with Gasteiger partial charge in [0.15, 0.2) is 5.78 Å². The number of urea groups is 1. The number of nitrogens with zero attached hydrogens (tertiary/aromatic N) is 3. The van der Waals surface area contributed by atoms with Crippen LogP contribution in [-0.4, -0.2) is 71.7 Å². The van der Waals surface area contributed by atoms with Crippen LogP contribution in [0.25, 0.3) is 0 Å². The van der Waals surface area contributed by atoms with Crippen molar-refractivity contribution in [3.05, 3.63) is 29.6 Å². The molecule has 1 saturated carbocycles. The number of piperazine rings is 1. The second-order valence-corrected chi connectivity index (χ2v) is 9.35. The molecular formula is C24H31FN4O4. The number of hydrogen-bond acceptors (Lipinski definition) is 5. The summed E-state index contributed by atoms with van der Waals surface area (Å²) in [5.74, 6) is -0.663. The molecule has 2 heterocycles. The van der Waals surface area contributed by atoms with Gasteiger partial charge in [-0.3, -0.25) is 19.3 Å². The highest BCUT2D eigenvalue weighted by molar-refractivity contribution is 6.09. The van der Waals surface area contributed by atoms with E-state index in [2.05, 4.69) is 12.2 Å². The van der Waals surface area contributed by atoms with Crippen molar-refractivity contribution in [3.8, 4) is 0 Å². The maximum atomic E-state index is 14.5. The summed E-state index contributed by atoms with van der Waals surface area (Å²) in [6, 6.07) is 3.93. The predicted octanol–water partition coefficient (Wildman–Crippen LogP) is 2.57. The Morgan fingerprint density at radius 1 is 1.12 bits per heavy atom. The van der Waals surface area contributed by atoms with Gasteiger partial charge in [-0.15, -0.1) is 0 Å². The van der Waals surface area contributed by atoms with Crippen LogP contribution in [0.4, 0.5) is 14.9 Å². The van der Waals surface area contributed by atoms with Gasteiger partial charge in [-0.05, 0) is 56.7 Å². The van der Waals surface area contributed by atoms with Gasteiger partial charge in [-0.2, -0.15) is 0 Å². The fourth-order valence-electron chi connectivity index (χ4n) is 5.15. The summed E-state index contributed by atoms with van der Waals surface area (Å²) in [5, 5.41) is 2.86. The molecule has 3 aliphatic rings. The lowest BCUT2D eigenvalue weighted by Crippen LogP contribution is -2.53. The van der Waals surface area contributed by atoms with E-state index in [9.17, 15) is 23.6 Å². The number of Topliss-reactive ketones (excluding diaryl/α,β-unsaturated/α-hetero) is 1. The normalized spacial score (nSPS) is 25.5. The number of carbonyl (C=O) groups excluding carboxylic acids is 4.